The van der Waals surface area contributed by atoms with Crippen molar-refractivity contribution in [2.75, 3.05) is 11.9 Å². The maximum absolute atomic E-state index is 12.0. The van der Waals surface area contributed by atoms with Crippen LogP contribution in [0.4, 0.5) is 9.93 Å². The number of aryl methyl sites for hydroxylation is 2. The van der Waals surface area contributed by atoms with Crippen molar-refractivity contribution in [1.29, 1.82) is 0 Å². The largest absolute Gasteiger partial charge is 0.480 e. The summed E-state index contributed by atoms with van der Waals surface area (Å²) in [7, 11) is 0. The van der Waals surface area contributed by atoms with Gasteiger partial charge in [-0.25, -0.2) is 14.6 Å². The third-order valence-corrected chi connectivity index (χ3v) is 4.03. The van der Waals surface area contributed by atoms with E-state index in [1.165, 1.54) is 16.2 Å². The molecule has 1 aromatic heterocycles. The number of carboxylic acids is 1. The van der Waals surface area contributed by atoms with Crippen LogP contribution < -0.4 is 5.32 Å². The number of thiazole rings is 1. The molecule has 1 unspecified atom stereocenters. The van der Waals surface area contributed by atoms with Crippen LogP contribution in [-0.2, 0) is 4.79 Å². The molecule has 1 aliphatic rings. The van der Waals surface area contributed by atoms with Crippen molar-refractivity contribution in [2.24, 2.45) is 0 Å². The quantitative estimate of drug-likeness (QED) is 0.858. The third-order valence-electron chi connectivity index (χ3n) is 3.04. The van der Waals surface area contributed by atoms with Gasteiger partial charge in [0.25, 0.3) is 0 Å². The zero-order valence-electron chi connectivity index (χ0n) is 10.3. The predicted octanol–water partition coefficient (Wildman–Crippen LogP) is 1.84. The van der Waals surface area contributed by atoms with Gasteiger partial charge in [0.2, 0.25) is 0 Å². The number of carbonyl (C=O) groups excluding carboxylic acids is 1. The summed E-state index contributed by atoms with van der Waals surface area (Å²) in [6.45, 7) is 4.28. The maximum atomic E-state index is 12.0. The number of carbonyl (C=O) groups is 2. The van der Waals surface area contributed by atoms with Gasteiger partial charge in [0.1, 0.15) is 6.04 Å². The van der Waals surface area contributed by atoms with E-state index in [1.54, 1.807) is 0 Å². The average Bonchev–Trinajstić information content (AvgIpc) is 2.86. The minimum atomic E-state index is -0.950. The van der Waals surface area contributed by atoms with Crippen molar-refractivity contribution in [3.8, 4) is 0 Å². The summed E-state index contributed by atoms with van der Waals surface area (Å²) in [5.41, 5.74) is 0.881. The van der Waals surface area contributed by atoms with Gasteiger partial charge in [0, 0.05) is 11.4 Å². The van der Waals surface area contributed by atoms with E-state index < -0.39 is 12.0 Å². The molecular weight excluding hydrogens is 254 g/mol. The second kappa shape index (κ2) is 4.93. The summed E-state index contributed by atoms with van der Waals surface area (Å²) < 4.78 is 0. The molecule has 2 N–H and O–H groups in total. The van der Waals surface area contributed by atoms with Gasteiger partial charge in [0.05, 0.1) is 5.69 Å². The Morgan fingerprint density at radius 1 is 1.50 bits per heavy atom. The Morgan fingerprint density at radius 3 is 2.78 bits per heavy atom. The van der Waals surface area contributed by atoms with Crippen LogP contribution in [0.25, 0.3) is 0 Å². The Kier molecular flexibility index (Phi) is 3.51. The first-order valence-electron chi connectivity index (χ1n) is 5.73. The molecule has 0 aromatic carbocycles. The van der Waals surface area contributed by atoms with Gasteiger partial charge >= 0.3 is 12.0 Å². The van der Waals surface area contributed by atoms with Crippen molar-refractivity contribution in [3.63, 3.8) is 0 Å². The molecule has 0 bridgehead atoms. The number of carboxylic acid groups (broad SMARTS) is 1. The van der Waals surface area contributed by atoms with Crippen molar-refractivity contribution >= 4 is 28.5 Å². The lowest BCUT2D eigenvalue weighted by molar-refractivity contribution is -0.141. The molecule has 0 spiro atoms. The van der Waals surface area contributed by atoms with Gasteiger partial charge in [-0.3, -0.25) is 5.32 Å². The first kappa shape index (κ1) is 12.8. The first-order valence-corrected chi connectivity index (χ1v) is 6.55. The van der Waals surface area contributed by atoms with Crippen molar-refractivity contribution in [3.05, 3.63) is 10.6 Å². The number of likely N-dealkylation sites (tertiary alicyclic amines) is 1. The second-order valence-corrected chi connectivity index (χ2v) is 5.48. The van der Waals surface area contributed by atoms with Gasteiger partial charge in [0.15, 0.2) is 5.13 Å². The SMILES string of the molecule is Cc1nc(NC(=O)N2CCCC2C(=O)O)sc1C. The summed E-state index contributed by atoms with van der Waals surface area (Å²) in [6, 6.07) is -1.10. The third kappa shape index (κ3) is 2.45. The molecule has 2 amide bonds. The molecule has 0 radical (unpaired) electrons. The van der Waals surface area contributed by atoms with Crippen LogP contribution in [0.5, 0.6) is 0 Å². The molecule has 1 aromatic rings. The fraction of sp³-hybridized carbons (Fsp3) is 0.545. The molecule has 98 valence electrons. The molecule has 6 nitrogen and oxygen atoms in total. The standard InChI is InChI=1S/C11H15N3O3S/c1-6-7(2)18-10(12-6)13-11(17)14-5-3-4-8(14)9(15)16/h8H,3-5H2,1-2H3,(H,15,16)(H,12,13,17). The van der Waals surface area contributed by atoms with Gasteiger partial charge < -0.3 is 10.0 Å². The summed E-state index contributed by atoms with van der Waals surface area (Å²) in [6.07, 6.45) is 1.24. The highest BCUT2D eigenvalue weighted by molar-refractivity contribution is 7.15. The molecule has 1 fully saturated rings. The smallest absolute Gasteiger partial charge is 0.326 e. The van der Waals surface area contributed by atoms with Crippen molar-refractivity contribution in [2.45, 2.75) is 32.7 Å². The summed E-state index contributed by atoms with van der Waals surface area (Å²) in [5, 5.41) is 12.2. The van der Waals surface area contributed by atoms with Crippen LogP contribution in [-0.4, -0.2) is 39.6 Å². The number of nitrogens with zero attached hydrogens (tertiary/aromatic N) is 2. The number of aliphatic carboxylic acids is 1. The number of rotatable bonds is 2. The van der Waals surface area contributed by atoms with E-state index in [2.05, 4.69) is 10.3 Å². The van der Waals surface area contributed by atoms with E-state index in [4.69, 9.17) is 5.11 Å². The normalized spacial score (nSPS) is 19.0. The van der Waals surface area contributed by atoms with Crippen LogP contribution in [0.2, 0.25) is 0 Å². The highest BCUT2D eigenvalue weighted by Crippen LogP contribution is 2.23. The Hall–Kier alpha value is -1.63. The number of hydrogen-bond donors (Lipinski definition) is 2. The van der Waals surface area contributed by atoms with Crippen LogP contribution in [0, 0.1) is 13.8 Å². The fourth-order valence-corrected chi connectivity index (χ4v) is 2.76. The molecular formula is C11H15N3O3S. The Morgan fingerprint density at radius 2 is 2.22 bits per heavy atom. The van der Waals surface area contributed by atoms with Crippen LogP contribution >= 0.6 is 11.3 Å². The summed E-state index contributed by atoms with van der Waals surface area (Å²) in [5.74, 6) is -0.950. The minimum absolute atomic E-state index is 0.381. The lowest BCUT2D eigenvalue weighted by atomic mass is 10.2. The van der Waals surface area contributed by atoms with Gasteiger partial charge in [-0.15, -0.1) is 11.3 Å². The average molecular weight is 269 g/mol. The molecule has 1 aliphatic heterocycles. The van der Waals surface area contributed by atoms with Crippen LogP contribution in [0.1, 0.15) is 23.4 Å². The maximum Gasteiger partial charge on any atom is 0.326 e. The first-order chi connectivity index (χ1) is 8.49. The number of hydrogen-bond acceptors (Lipinski definition) is 4. The zero-order chi connectivity index (χ0) is 13.3. The van der Waals surface area contributed by atoms with Crippen LogP contribution in [0.15, 0.2) is 0 Å². The topological polar surface area (TPSA) is 82.5 Å². The van der Waals surface area contributed by atoms with Gasteiger partial charge in [-0.1, -0.05) is 0 Å². The van der Waals surface area contributed by atoms with Crippen molar-refractivity contribution in [1.82, 2.24) is 9.88 Å². The predicted molar refractivity (Wildman–Crippen MR) is 68.0 cm³/mol. The monoisotopic (exact) mass is 269 g/mol. The second-order valence-electron chi connectivity index (χ2n) is 4.28. The molecule has 2 rings (SSSR count). The van der Waals surface area contributed by atoms with E-state index in [0.29, 0.717) is 18.1 Å². The number of anilines is 1. The summed E-state index contributed by atoms with van der Waals surface area (Å²) in [4.78, 5) is 29.6. The lowest BCUT2D eigenvalue weighted by Crippen LogP contribution is -2.42. The zero-order valence-corrected chi connectivity index (χ0v) is 11.1. The Balaban J connectivity index is 2.05. The number of nitrogens with one attached hydrogen (secondary N) is 1. The molecule has 7 heteroatoms. The van der Waals surface area contributed by atoms with E-state index in [0.717, 1.165) is 17.0 Å². The van der Waals surface area contributed by atoms with Gasteiger partial charge in [-0.2, -0.15) is 0 Å². The van der Waals surface area contributed by atoms with E-state index in [9.17, 15) is 9.59 Å². The number of aromatic nitrogens is 1. The minimum Gasteiger partial charge on any atom is -0.480 e. The number of amides is 2. The van der Waals surface area contributed by atoms with E-state index in [1.807, 2.05) is 13.8 Å². The fourth-order valence-electron chi connectivity index (χ4n) is 1.96. The highest BCUT2D eigenvalue weighted by atomic mass is 32.1. The Labute approximate surface area is 109 Å². The highest BCUT2D eigenvalue weighted by Gasteiger charge is 2.34. The molecule has 18 heavy (non-hydrogen) atoms. The van der Waals surface area contributed by atoms with E-state index >= 15 is 0 Å². The van der Waals surface area contributed by atoms with Crippen LogP contribution in [0.3, 0.4) is 0 Å². The van der Waals surface area contributed by atoms with E-state index in [-0.39, 0.29) is 6.03 Å². The summed E-state index contributed by atoms with van der Waals surface area (Å²) >= 11 is 1.39. The molecule has 2 heterocycles. The van der Waals surface area contributed by atoms with Crippen molar-refractivity contribution < 1.29 is 14.7 Å². The number of urea groups is 1. The van der Waals surface area contributed by atoms with Gasteiger partial charge in [-0.05, 0) is 26.7 Å². The lowest BCUT2D eigenvalue weighted by Gasteiger charge is -2.20. The molecule has 1 atom stereocenters. The molecule has 0 saturated carbocycles. The molecule has 1 saturated heterocycles. The Bertz CT molecular complexity index is 466. The molecule has 0 aliphatic carbocycles.